The van der Waals surface area contributed by atoms with Crippen molar-refractivity contribution >= 4 is 27.7 Å². The number of hydrogen-bond acceptors (Lipinski definition) is 3. The lowest BCUT2D eigenvalue weighted by molar-refractivity contribution is -0.141. The molecule has 2 heterocycles. The Balaban J connectivity index is 1.41. The molecule has 2 aromatic rings. The zero-order valence-corrected chi connectivity index (χ0v) is 21.6. The number of nitrogens with one attached hydrogen (secondary N) is 1. The largest absolute Gasteiger partial charge is 0.416 e. The van der Waals surface area contributed by atoms with Crippen molar-refractivity contribution in [2.24, 2.45) is 5.73 Å². The molecule has 1 aliphatic carbocycles. The number of nitrogens with zero attached hydrogens (tertiary/aromatic N) is 1. The molecule has 37 heavy (non-hydrogen) atoms. The number of rotatable bonds is 6. The number of piperidine rings is 1. The summed E-state index contributed by atoms with van der Waals surface area (Å²) in [5, 5.41) is 2.87. The van der Waals surface area contributed by atoms with Crippen LogP contribution in [0.15, 0.2) is 46.9 Å². The number of carbonyl (C=O) groups excluding carboxylic acids is 2. The van der Waals surface area contributed by atoms with Crippen LogP contribution in [0.1, 0.15) is 55.2 Å². The van der Waals surface area contributed by atoms with E-state index < -0.39 is 34.9 Å². The van der Waals surface area contributed by atoms with Gasteiger partial charge in [-0.15, -0.1) is 0 Å². The number of halogens is 5. The van der Waals surface area contributed by atoms with Crippen molar-refractivity contribution in [1.29, 1.82) is 0 Å². The Morgan fingerprint density at radius 3 is 2.24 bits per heavy atom. The molecule has 1 saturated carbocycles. The maximum Gasteiger partial charge on any atom is 0.416 e. The summed E-state index contributed by atoms with van der Waals surface area (Å²) in [6.07, 6.45) is -0.701. The quantitative estimate of drug-likeness (QED) is 0.479. The zero-order chi connectivity index (χ0) is 26.5. The van der Waals surface area contributed by atoms with E-state index in [-0.39, 0.29) is 36.0 Å². The minimum absolute atomic E-state index is 0.0211. The highest BCUT2D eigenvalue weighted by Gasteiger charge is 2.54. The van der Waals surface area contributed by atoms with Crippen molar-refractivity contribution in [2.45, 2.75) is 80.7 Å². The van der Waals surface area contributed by atoms with Crippen LogP contribution in [-0.4, -0.2) is 40.9 Å². The number of carbonyl (C=O) groups is 2. The SMILES string of the molecule is NC1CC2CCC(C1)N2C(=O)C(Cc1ccc(Br)cc1)NC(=O)C1(c2ccc(C(F)(F)F)cc2F)CC1. The van der Waals surface area contributed by atoms with E-state index in [9.17, 15) is 27.2 Å². The first-order chi connectivity index (χ1) is 17.5. The third kappa shape index (κ3) is 5.14. The van der Waals surface area contributed by atoms with Gasteiger partial charge in [-0.3, -0.25) is 9.59 Å². The molecular weight excluding hydrogens is 554 g/mol. The highest BCUT2D eigenvalue weighted by Crippen LogP contribution is 2.50. The first-order valence-electron chi connectivity index (χ1n) is 12.5. The molecule has 3 aliphatic rings. The van der Waals surface area contributed by atoms with Crippen LogP contribution in [0.5, 0.6) is 0 Å². The van der Waals surface area contributed by atoms with E-state index in [1.165, 1.54) is 0 Å². The van der Waals surface area contributed by atoms with E-state index in [4.69, 9.17) is 5.73 Å². The topological polar surface area (TPSA) is 75.4 Å². The summed E-state index contributed by atoms with van der Waals surface area (Å²) in [5.41, 5.74) is 4.56. The number of benzene rings is 2. The van der Waals surface area contributed by atoms with Crippen LogP contribution in [0.25, 0.3) is 0 Å². The van der Waals surface area contributed by atoms with Gasteiger partial charge in [0.15, 0.2) is 0 Å². The second kappa shape index (κ2) is 9.69. The van der Waals surface area contributed by atoms with Crippen molar-refractivity contribution in [1.82, 2.24) is 10.2 Å². The van der Waals surface area contributed by atoms with Crippen LogP contribution in [-0.2, 0) is 27.6 Å². The molecule has 5 rings (SSSR count). The average Bonchev–Trinajstić information content (AvgIpc) is 3.59. The van der Waals surface area contributed by atoms with E-state index in [1.54, 1.807) is 0 Å². The second-order valence-corrected chi connectivity index (χ2v) is 11.4. The van der Waals surface area contributed by atoms with Crippen LogP contribution in [0.2, 0.25) is 0 Å². The summed E-state index contributed by atoms with van der Waals surface area (Å²) in [5.74, 6) is -1.80. The molecule has 3 fully saturated rings. The molecule has 0 spiro atoms. The molecular formula is C27H28BrF4N3O2. The van der Waals surface area contributed by atoms with Gasteiger partial charge in [-0.25, -0.2) is 4.39 Å². The van der Waals surface area contributed by atoms with Gasteiger partial charge in [-0.1, -0.05) is 34.1 Å². The Morgan fingerprint density at radius 1 is 1.08 bits per heavy atom. The van der Waals surface area contributed by atoms with Gasteiger partial charge in [0, 0.05) is 34.6 Å². The lowest BCUT2D eigenvalue weighted by atomic mass is 9.92. The summed E-state index contributed by atoms with van der Waals surface area (Å²) in [4.78, 5) is 29.2. The van der Waals surface area contributed by atoms with E-state index in [0.29, 0.717) is 31.7 Å². The molecule has 3 N–H and O–H groups in total. The van der Waals surface area contributed by atoms with Gasteiger partial charge in [-0.2, -0.15) is 13.2 Å². The minimum atomic E-state index is -4.68. The van der Waals surface area contributed by atoms with Crippen LogP contribution in [0.3, 0.4) is 0 Å². The highest BCUT2D eigenvalue weighted by atomic mass is 79.9. The molecule has 3 unspecified atom stereocenters. The summed E-state index contributed by atoms with van der Waals surface area (Å²) >= 11 is 3.39. The van der Waals surface area contributed by atoms with E-state index in [2.05, 4.69) is 21.2 Å². The number of alkyl halides is 3. The summed E-state index contributed by atoms with van der Waals surface area (Å²) < 4.78 is 54.8. The molecule has 2 aliphatic heterocycles. The van der Waals surface area contributed by atoms with E-state index >= 15 is 0 Å². The number of nitrogens with two attached hydrogens (primary N) is 1. The average molecular weight is 582 g/mol. The maximum absolute atomic E-state index is 14.8. The normalized spacial score (nSPS) is 25.0. The predicted octanol–water partition coefficient (Wildman–Crippen LogP) is 4.85. The van der Waals surface area contributed by atoms with Crippen molar-refractivity contribution in [3.05, 3.63) is 69.4 Å². The Hall–Kier alpha value is -2.46. The fraction of sp³-hybridized carbons (Fsp3) is 0.481. The predicted molar refractivity (Wildman–Crippen MR) is 133 cm³/mol. The van der Waals surface area contributed by atoms with Crippen LogP contribution in [0, 0.1) is 5.82 Å². The van der Waals surface area contributed by atoms with Gasteiger partial charge in [-0.05, 0) is 68.4 Å². The Morgan fingerprint density at radius 2 is 1.70 bits per heavy atom. The third-order valence-corrected chi connectivity index (χ3v) is 8.51. The highest BCUT2D eigenvalue weighted by molar-refractivity contribution is 9.10. The number of fused-ring (bicyclic) bond motifs is 2. The molecule has 0 aromatic heterocycles. The van der Waals surface area contributed by atoms with Crippen LogP contribution in [0.4, 0.5) is 17.6 Å². The number of hydrogen-bond donors (Lipinski definition) is 2. The molecule has 2 bridgehead atoms. The lowest BCUT2D eigenvalue weighted by Gasteiger charge is -2.40. The summed E-state index contributed by atoms with van der Waals surface area (Å²) in [6.45, 7) is 0. The van der Waals surface area contributed by atoms with Gasteiger partial charge in [0.1, 0.15) is 11.9 Å². The van der Waals surface area contributed by atoms with Crippen molar-refractivity contribution in [2.75, 3.05) is 0 Å². The van der Waals surface area contributed by atoms with Crippen LogP contribution >= 0.6 is 15.9 Å². The maximum atomic E-state index is 14.8. The van der Waals surface area contributed by atoms with Crippen molar-refractivity contribution in [3.8, 4) is 0 Å². The fourth-order valence-corrected chi connectivity index (χ4v) is 6.20. The summed E-state index contributed by atoms with van der Waals surface area (Å²) in [7, 11) is 0. The number of amides is 2. The minimum Gasteiger partial charge on any atom is -0.343 e. The molecule has 0 radical (unpaired) electrons. The second-order valence-electron chi connectivity index (χ2n) is 10.5. The first kappa shape index (κ1) is 26.2. The van der Waals surface area contributed by atoms with Crippen molar-refractivity contribution < 1.29 is 27.2 Å². The molecule has 2 aromatic carbocycles. The van der Waals surface area contributed by atoms with Gasteiger partial charge in [0.05, 0.1) is 11.0 Å². The van der Waals surface area contributed by atoms with E-state index in [1.807, 2.05) is 29.2 Å². The van der Waals surface area contributed by atoms with Gasteiger partial charge >= 0.3 is 6.18 Å². The van der Waals surface area contributed by atoms with Gasteiger partial charge in [0.2, 0.25) is 11.8 Å². The van der Waals surface area contributed by atoms with Gasteiger partial charge < -0.3 is 16.0 Å². The standard InChI is InChI=1S/C27H28BrF4N3O2/c28-17-4-1-15(2-5-17)11-23(24(36)35-19-6-7-20(35)14-18(33)13-19)34-25(37)26(9-10-26)21-8-3-16(12-22(21)29)27(30,31)32/h1-5,8,12,18-20,23H,6-7,9-11,13-14,33H2,(H,34,37). The fourth-order valence-electron chi connectivity index (χ4n) is 5.93. The molecule has 3 atom stereocenters. The van der Waals surface area contributed by atoms with E-state index in [0.717, 1.165) is 35.0 Å². The molecule has 10 heteroatoms. The smallest absolute Gasteiger partial charge is 0.343 e. The Bertz CT molecular complexity index is 1190. The first-order valence-corrected chi connectivity index (χ1v) is 13.3. The lowest BCUT2D eigenvalue weighted by Crippen LogP contribution is -2.58. The molecule has 2 saturated heterocycles. The zero-order valence-electron chi connectivity index (χ0n) is 20.0. The van der Waals surface area contributed by atoms with Crippen molar-refractivity contribution in [3.63, 3.8) is 0 Å². The molecule has 2 amide bonds. The summed E-state index contributed by atoms with van der Waals surface area (Å²) in [6, 6.07) is 8.89. The van der Waals surface area contributed by atoms with Crippen LogP contribution < -0.4 is 11.1 Å². The Labute approximate surface area is 220 Å². The van der Waals surface area contributed by atoms with Gasteiger partial charge in [0.25, 0.3) is 0 Å². The third-order valence-electron chi connectivity index (χ3n) is 7.98. The molecule has 198 valence electrons. The monoisotopic (exact) mass is 581 g/mol. The molecule has 5 nitrogen and oxygen atoms in total. The Kier molecular flexibility index (Phi) is 6.85.